The zero-order valence-electron chi connectivity index (χ0n) is 23.9. The fraction of sp³-hybridized carbons (Fsp3) is 0.0732. The van der Waals surface area contributed by atoms with Crippen LogP contribution in [0.25, 0.3) is 43.8 Å². The van der Waals surface area contributed by atoms with E-state index in [0.29, 0.717) is 0 Å². The molecule has 0 spiro atoms. The van der Waals surface area contributed by atoms with Crippen LogP contribution in [0.3, 0.4) is 0 Å². The summed E-state index contributed by atoms with van der Waals surface area (Å²) in [5.74, 6) is 0. The van der Waals surface area contributed by atoms with Crippen molar-refractivity contribution < 1.29 is 0 Å². The van der Waals surface area contributed by atoms with E-state index in [1.165, 1.54) is 66.3 Å². The number of nitrogens with zero attached hydrogens (tertiary/aromatic N) is 1. The van der Waals surface area contributed by atoms with Crippen molar-refractivity contribution in [1.82, 2.24) is 0 Å². The highest BCUT2D eigenvalue weighted by Crippen LogP contribution is 2.54. The molecule has 1 aliphatic rings. The Morgan fingerprint density at radius 3 is 1.69 bits per heavy atom. The lowest BCUT2D eigenvalue weighted by Crippen LogP contribution is -2.15. The zero-order valence-corrected chi connectivity index (χ0v) is 23.9. The Morgan fingerprint density at radius 2 is 1.02 bits per heavy atom. The van der Waals surface area contributed by atoms with Crippen LogP contribution in [0.1, 0.15) is 25.0 Å². The summed E-state index contributed by atoms with van der Waals surface area (Å²) in [5.41, 5.74) is 11.4. The first-order valence-electron chi connectivity index (χ1n) is 14.7. The summed E-state index contributed by atoms with van der Waals surface area (Å²) >= 11 is 0. The smallest absolute Gasteiger partial charge is 0.0540 e. The Morgan fingerprint density at radius 1 is 0.452 bits per heavy atom. The van der Waals surface area contributed by atoms with E-state index < -0.39 is 0 Å². The van der Waals surface area contributed by atoms with Crippen molar-refractivity contribution in [2.45, 2.75) is 19.3 Å². The van der Waals surface area contributed by atoms with Crippen LogP contribution in [-0.2, 0) is 5.41 Å². The van der Waals surface area contributed by atoms with Crippen LogP contribution >= 0.6 is 0 Å². The van der Waals surface area contributed by atoms with Crippen molar-refractivity contribution in [1.29, 1.82) is 0 Å². The lowest BCUT2D eigenvalue weighted by atomic mass is 9.82. The minimum Gasteiger partial charge on any atom is -0.309 e. The highest BCUT2D eigenvalue weighted by atomic mass is 15.1. The Kier molecular flexibility index (Phi) is 5.55. The Balaban J connectivity index is 1.43. The van der Waals surface area contributed by atoms with Gasteiger partial charge in [0.05, 0.1) is 11.4 Å². The minimum atomic E-state index is -0.0856. The van der Waals surface area contributed by atoms with Crippen LogP contribution in [0.5, 0.6) is 0 Å². The van der Waals surface area contributed by atoms with Crippen molar-refractivity contribution in [3.8, 4) is 22.3 Å². The Hall–Kier alpha value is -5.14. The summed E-state index contributed by atoms with van der Waals surface area (Å²) in [4.78, 5) is 2.46. The van der Waals surface area contributed by atoms with E-state index in [2.05, 4.69) is 170 Å². The number of benzene rings is 7. The predicted molar refractivity (Wildman–Crippen MR) is 179 cm³/mol. The molecule has 42 heavy (non-hydrogen) atoms. The van der Waals surface area contributed by atoms with Crippen LogP contribution in [0.15, 0.2) is 152 Å². The molecule has 0 aliphatic heterocycles. The summed E-state index contributed by atoms with van der Waals surface area (Å²) in [6.07, 6.45) is 0. The van der Waals surface area contributed by atoms with Gasteiger partial charge in [0.25, 0.3) is 0 Å². The highest BCUT2D eigenvalue weighted by Gasteiger charge is 2.37. The standard InChI is InChI=1S/C41H31N/c1-41(2)36-26-25-31(27-35(36)40-34(21-12-22-37(40)41)30-13-4-3-5-14-30)42(38-23-10-17-28-15-6-8-19-32(28)38)39-24-11-18-29-16-7-9-20-33(29)39/h3-27H,1-2H3. The molecule has 7 aromatic rings. The molecule has 7 aromatic carbocycles. The van der Waals surface area contributed by atoms with Crippen LogP contribution in [0, 0.1) is 0 Å². The van der Waals surface area contributed by atoms with Gasteiger partial charge in [0, 0.05) is 21.9 Å². The van der Waals surface area contributed by atoms with E-state index in [-0.39, 0.29) is 5.41 Å². The molecular weight excluding hydrogens is 506 g/mol. The van der Waals surface area contributed by atoms with Gasteiger partial charge in [0.15, 0.2) is 0 Å². The van der Waals surface area contributed by atoms with E-state index in [1.807, 2.05) is 0 Å². The molecule has 0 unspecified atom stereocenters. The van der Waals surface area contributed by atoms with Crippen molar-refractivity contribution in [2.24, 2.45) is 0 Å². The van der Waals surface area contributed by atoms with Crippen LogP contribution < -0.4 is 4.90 Å². The maximum atomic E-state index is 2.46. The van der Waals surface area contributed by atoms with Crippen molar-refractivity contribution in [3.63, 3.8) is 0 Å². The molecule has 0 saturated carbocycles. The molecule has 0 bridgehead atoms. The van der Waals surface area contributed by atoms with Crippen molar-refractivity contribution in [3.05, 3.63) is 163 Å². The monoisotopic (exact) mass is 537 g/mol. The molecule has 0 aromatic heterocycles. The van der Waals surface area contributed by atoms with Gasteiger partial charge in [-0.1, -0.05) is 141 Å². The summed E-state index contributed by atoms with van der Waals surface area (Å²) in [5, 5.41) is 4.94. The first kappa shape index (κ1) is 24.6. The number of anilines is 3. The van der Waals surface area contributed by atoms with Crippen LogP contribution in [-0.4, -0.2) is 0 Å². The third-order valence-electron chi connectivity index (χ3n) is 9.04. The number of hydrogen-bond acceptors (Lipinski definition) is 1. The van der Waals surface area contributed by atoms with Gasteiger partial charge in [-0.05, 0) is 68.4 Å². The fourth-order valence-corrected chi connectivity index (χ4v) is 7.00. The van der Waals surface area contributed by atoms with Gasteiger partial charge in [0.1, 0.15) is 0 Å². The molecule has 0 fully saturated rings. The average molecular weight is 538 g/mol. The van der Waals surface area contributed by atoms with Crippen LogP contribution in [0.2, 0.25) is 0 Å². The Bertz CT molecular complexity index is 2030. The second-order valence-corrected chi connectivity index (χ2v) is 11.8. The molecule has 0 atom stereocenters. The summed E-state index contributed by atoms with van der Waals surface area (Å²) in [7, 11) is 0. The maximum Gasteiger partial charge on any atom is 0.0540 e. The topological polar surface area (TPSA) is 3.24 Å². The Labute approximate surface area is 247 Å². The average Bonchev–Trinajstić information content (AvgIpc) is 3.28. The fourth-order valence-electron chi connectivity index (χ4n) is 7.00. The van der Waals surface area contributed by atoms with Gasteiger partial charge < -0.3 is 4.90 Å². The van der Waals surface area contributed by atoms with E-state index in [1.54, 1.807) is 0 Å². The molecule has 8 rings (SSSR count). The number of fused-ring (bicyclic) bond motifs is 5. The van der Waals surface area contributed by atoms with Gasteiger partial charge in [-0.15, -0.1) is 0 Å². The summed E-state index contributed by atoms with van der Waals surface area (Å²) in [6.45, 7) is 4.72. The van der Waals surface area contributed by atoms with Crippen molar-refractivity contribution in [2.75, 3.05) is 4.90 Å². The molecule has 200 valence electrons. The first-order valence-corrected chi connectivity index (χ1v) is 14.7. The largest absolute Gasteiger partial charge is 0.309 e. The van der Waals surface area contributed by atoms with Gasteiger partial charge in [-0.3, -0.25) is 0 Å². The molecule has 1 aliphatic carbocycles. The molecule has 0 saturated heterocycles. The molecule has 0 heterocycles. The predicted octanol–water partition coefficient (Wildman–Crippen LogP) is 11.4. The third kappa shape index (κ3) is 3.71. The van der Waals surface area contributed by atoms with Crippen LogP contribution in [0.4, 0.5) is 17.1 Å². The molecular formula is C41H31N. The quantitative estimate of drug-likeness (QED) is 0.216. The van der Waals surface area contributed by atoms with E-state index in [0.717, 1.165) is 5.69 Å². The molecule has 1 heteroatoms. The second kappa shape index (κ2) is 9.46. The lowest BCUT2D eigenvalue weighted by molar-refractivity contribution is 0.660. The van der Waals surface area contributed by atoms with Gasteiger partial charge in [0.2, 0.25) is 0 Å². The first-order chi connectivity index (χ1) is 20.6. The summed E-state index contributed by atoms with van der Waals surface area (Å²) < 4.78 is 0. The van der Waals surface area contributed by atoms with Gasteiger partial charge in [-0.25, -0.2) is 0 Å². The molecule has 1 nitrogen and oxygen atoms in total. The molecule has 0 N–H and O–H groups in total. The van der Waals surface area contributed by atoms with Gasteiger partial charge >= 0.3 is 0 Å². The van der Waals surface area contributed by atoms with E-state index >= 15 is 0 Å². The maximum absolute atomic E-state index is 2.46. The van der Waals surface area contributed by atoms with E-state index in [4.69, 9.17) is 0 Å². The molecule has 0 radical (unpaired) electrons. The highest BCUT2D eigenvalue weighted by molar-refractivity contribution is 6.05. The zero-order chi connectivity index (χ0) is 28.3. The third-order valence-corrected chi connectivity index (χ3v) is 9.04. The molecule has 0 amide bonds. The SMILES string of the molecule is CC1(C)c2ccc(N(c3cccc4ccccc34)c3cccc4ccccc34)cc2-c2c(-c3ccccc3)cccc21. The second-order valence-electron chi connectivity index (χ2n) is 11.8. The minimum absolute atomic E-state index is 0.0856. The summed E-state index contributed by atoms with van der Waals surface area (Å²) in [6, 6.07) is 55.4. The number of rotatable bonds is 4. The van der Waals surface area contributed by atoms with Gasteiger partial charge in [-0.2, -0.15) is 0 Å². The normalized spacial score (nSPS) is 13.2. The number of hydrogen-bond donors (Lipinski definition) is 0. The van der Waals surface area contributed by atoms with E-state index in [9.17, 15) is 0 Å². The van der Waals surface area contributed by atoms with Crippen molar-refractivity contribution >= 4 is 38.6 Å². The lowest BCUT2D eigenvalue weighted by Gasteiger charge is -2.29.